The van der Waals surface area contributed by atoms with Crippen LogP contribution in [0.3, 0.4) is 0 Å². The number of carbonyl (C=O) groups excluding carboxylic acids is 1. The van der Waals surface area contributed by atoms with Gasteiger partial charge in [0.2, 0.25) is 0 Å². The van der Waals surface area contributed by atoms with E-state index in [4.69, 9.17) is 23.2 Å². The number of carbonyl (C=O) groups is 1. The number of alkyl halides is 3. The van der Waals surface area contributed by atoms with Gasteiger partial charge >= 0.3 is 6.18 Å². The van der Waals surface area contributed by atoms with Crippen molar-refractivity contribution in [3.63, 3.8) is 0 Å². The Balaban J connectivity index is 2.33. The summed E-state index contributed by atoms with van der Waals surface area (Å²) in [5.74, 6) is -1.02. The average molecular weight is 391 g/mol. The topological polar surface area (TPSA) is 34.9 Å². The molecule has 3 aromatic rings. The van der Waals surface area contributed by atoms with Crippen molar-refractivity contribution in [3.8, 4) is 5.69 Å². The lowest BCUT2D eigenvalue weighted by molar-refractivity contribution is -0.137. The summed E-state index contributed by atoms with van der Waals surface area (Å²) in [7, 11) is 0. The molecule has 0 saturated heterocycles. The van der Waals surface area contributed by atoms with Crippen LogP contribution in [0.5, 0.6) is 0 Å². The summed E-state index contributed by atoms with van der Waals surface area (Å²) in [6.07, 6.45) is -4.62. The number of nitrogens with zero attached hydrogens (tertiary/aromatic N) is 2. The van der Waals surface area contributed by atoms with Gasteiger partial charge in [-0.05, 0) is 30.3 Å². The maximum Gasteiger partial charge on any atom is 0.416 e. The highest BCUT2D eigenvalue weighted by atomic mass is 35.5. The van der Waals surface area contributed by atoms with Gasteiger partial charge in [0.15, 0.2) is 5.78 Å². The largest absolute Gasteiger partial charge is 0.416 e. The molecular weight excluding hydrogens is 383 g/mol. The maximum atomic E-state index is 13.5. The number of aromatic nitrogens is 2. The van der Waals surface area contributed by atoms with Crippen LogP contribution >= 0.6 is 23.2 Å². The van der Waals surface area contributed by atoms with Crippen molar-refractivity contribution in [3.05, 3.63) is 57.5 Å². The predicted molar refractivity (Wildman–Crippen MR) is 86.1 cm³/mol. The van der Waals surface area contributed by atoms with E-state index in [9.17, 15) is 22.4 Å². The molecule has 0 fully saturated rings. The quantitative estimate of drug-likeness (QED) is 0.415. The van der Waals surface area contributed by atoms with Crippen LogP contribution in [0, 0.1) is 5.82 Å². The smallest absolute Gasteiger partial charge is 0.293 e. The Bertz CT molecular complexity index is 988. The van der Waals surface area contributed by atoms with Gasteiger partial charge in [0, 0.05) is 12.3 Å². The molecule has 0 atom stereocenters. The summed E-state index contributed by atoms with van der Waals surface area (Å²) < 4.78 is 53.2. The highest BCUT2D eigenvalue weighted by Gasteiger charge is 2.32. The first-order valence-electron chi connectivity index (χ1n) is 6.85. The Morgan fingerprint density at radius 3 is 2.24 bits per heavy atom. The van der Waals surface area contributed by atoms with E-state index in [1.165, 1.54) is 13.0 Å². The van der Waals surface area contributed by atoms with E-state index in [-0.39, 0.29) is 32.3 Å². The fraction of sp³-hybridized carbons (Fsp3) is 0.125. The number of rotatable bonds is 2. The van der Waals surface area contributed by atoms with Gasteiger partial charge in [0.1, 0.15) is 17.2 Å². The van der Waals surface area contributed by atoms with Crippen molar-refractivity contribution >= 4 is 39.9 Å². The molecule has 0 aliphatic heterocycles. The third kappa shape index (κ3) is 3.09. The van der Waals surface area contributed by atoms with Crippen LogP contribution in [0.25, 0.3) is 16.6 Å². The maximum absolute atomic E-state index is 13.5. The Kier molecular flexibility index (Phi) is 4.25. The zero-order valence-corrected chi connectivity index (χ0v) is 14.0. The second kappa shape index (κ2) is 6.00. The van der Waals surface area contributed by atoms with Crippen LogP contribution in [0.15, 0.2) is 30.3 Å². The zero-order chi connectivity index (χ0) is 18.5. The van der Waals surface area contributed by atoms with E-state index in [0.717, 1.165) is 16.8 Å². The molecule has 0 amide bonds. The number of hydrogen-bond acceptors (Lipinski definition) is 2. The van der Waals surface area contributed by atoms with Crippen LogP contribution in [0.4, 0.5) is 17.6 Å². The van der Waals surface area contributed by atoms with Gasteiger partial charge in [-0.25, -0.2) is 9.07 Å². The lowest BCUT2D eigenvalue weighted by Gasteiger charge is -2.13. The Labute approximate surface area is 148 Å². The number of benzene rings is 2. The fourth-order valence-electron chi connectivity index (χ4n) is 2.45. The van der Waals surface area contributed by atoms with Gasteiger partial charge in [0.25, 0.3) is 0 Å². The third-order valence-electron chi connectivity index (χ3n) is 3.53. The first-order valence-corrected chi connectivity index (χ1v) is 7.61. The predicted octanol–water partition coefficient (Wildman–Crippen LogP) is 5.69. The molecule has 130 valence electrons. The van der Waals surface area contributed by atoms with Gasteiger partial charge in [-0.2, -0.15) is 18.3 Å². The SMILES string of the molecule is CC(=O)c1nn(-c2c(Cl)cc(C(F)(F)F)cc2Cl)c2ccc(F)cc12. The minimum Gasteiger partial charge on any atom is -0.293 e. The van der Waals surface area contributed by atoms with Crippen molar-refractivity contribution in [1.82, 2.24) is 9.78 Å². The minimum absolute atomic E-state index is 0.0274. The number of fused-ring (bicyclic) bond motifs is 1. The molecule has 0 spiro atoms. The molecule has 3 nitrogen and oxygen atoms in total. The first kappa shape index (κ1) is 17.7. The van der Waals surface area contributed by atoms with Crippen LogP contribution in [-0.2, 0) is 6.18 Å². The monoisotopic (exact) mass is 390 g/mol. The van der Waals surface area contributed by atoms with Crippen molar-refractivity contribution in [2.24, 2.45) is 0 Å². The molecule has 0 bridgehead atoms. The van der Waals surface area contributed by atoms with Crippen LogP contribution in [-0.4, -0.2) is 15.6 Å². The number of Topliss-reactive ketones (excluding diaryl/α,β-unsaturated/α-hetero) is 1. The molecule has 25 heavy (non-hydrogen) atoms. The first-order chi connectivity index (χ1) is 11.6. The van der Waals surface area contributed by atoms with E-state index >= 15 is 0 Å². The molecule has 0 aliphatic carbocycles. The molecule has 0 unspecified atom stereocenters. The molecule has 3 rings (SSSR count). The molecule has 1 heterocycles. The summed E-state index contributed by atoms with van der Waals surface area (Å²) in [6.45, 7) is 1.24. The number of hydrogen-bond donors (Lipinski definition) is 0. The van der Waals surface area contributed by atoms with Gasteiger partial charge in [-0.1, -0.05) is 23.2 Å². The summed E-state index contributed by atoms with van der Waals surface area (Å²) in [6, 6.07) is 5.02. The van der Waals surface area contributed by atoms with Gasteiger partial charge in [-0.3, -0.25) is 4.79 Å². The highest BCUT2D eigenvalue weighted by Crippen LogP contribution is 2.38. The van der Waals surface area contributed by atoms with Gasteiger partial charge < -0.3 is 0 Å². The molecule has 0 saturated carbocycles. The summed E-state index contributed by atoms with van der Waals surface area (Å²) in [5.41, 5.74) is -0.794. The van der Waals surface area contributed by atoms with Crippen molar-refractivity contribution in [2.75, 3.05) is 0 Å². The average Bonchev–Trinajstić information content (AvgIpc) is 2.84. The van der Waals surface area contributed by atoms with E-state index in [1.807, 2.05) is 0 Å². The van der Waals surface area contributed by atoms with Crippen molar-refractivity contribution < 1.29 is 22.4 Å². The highest BCUT2D eigenvalue weighted by molar-refractivity contribution is 6.38. The normalized spacial score (nSPS) is 12.0. The lowest BCUT2D eigenvalue weighted by Crippen LogP contribution is -2.07. The lowest BCUT2D eigenvalue weighted by atomic mass is 10.1. The summed E-state index contributed by atoms with van der Waals surface area (Å²) >= 11 is 12.0. The van der Waals surface area contributed by atoms with Crippen molar-refractivity contribution in [2.45, 2.75) is 13.1 Å². The van der Waals surface area contributed by atoms with Crippen LogP contribution < -0.4 is 0 Å². The van der Waals surface area contributed by atoms with E-state index in [2.05, 4.69) is 5.10 Å². The molecular formula is C16H8Cl2F4N2O. The standard InChI is InChI=1S/C16H8Cl2F4N2O/c1-7(25)14-10-6-9(19)2-3-13(10)24(23-14)15-11(17)4-8(5-12(15)18)16(20,21)22/h2-6H,1H3. The van der Waals surface area contributed by atoms with E-state index in [1.54, 1.807) is 0 Å². The summed E-state index contributed by atoms with van der Waals surface area (Å²) in [5, 5.41) is 3.67. The van der Waals surface area contributed by atoms with Crippen molar-refractivity contribution in [1.29, 1.82) is 0 Å². The van der Waals surface area contributed by atoms with Crippen LogP contribution in [0.1, 0.15) is 23.0 Å². The molecule has 2 aromatic carbocycles. The van der Waals surface area contributed by atoms with Crippen LogP contribution in [0.2, 0.25) is 10.0 Å². The Morgan fingerprint density at radius 1 is 1.12 bits per heavy atom. The molecule has 1 aromatic heterocycles. The second-order valence-electron chi connectivity index (χ2n) is 5.26. The molecule has 0 aliphatic rings. The van der Waals surface area contributed by atoms with Gasteiger partial charge in [0.05, 0.1) is 21.1 Å². The Morgan fingerprint density at radius 2 is 1.72 bits per heavy atom. The second-order valence-corrected chi connectivity index (χ2v) is 6.08. The molecule has 9 heteroatoms. The molecule has 0 radical (unpaired) electrons. The third-order valence-corrected chi connectivity index (χ3v) is 4.11. The zero-order valence-electron chi connectivity index (χ0n) is 12.5. The van der Waals surface area contributed by atoms with Gasteiger partial charge in [-0.15, -0.1) is 0 Å². The fourth-order valence-corrected chi connectivity index (χ4v) is 3.10. The molecule has 0 N–H and O–H groups in total. The summed E-state index contributed by atoms with van der Waals surface area (Å²) in [4.78, 5) is 11.8. The number of ketones is 1. The van der Waals surface area contributed by atoms with E-state index in [0.29, 0.717) is 12.1 Å². The Hall–Kier alpha value is -2.12. The van der Waals surface area contributed by atoms with E-state index < -0.39 is 23.3 Å². The number of halogens is 6. The minimum atomic E-state index is -4.62.